The average molecular weight is 381 g/mol. The lowest BCUT2D eigenvalue weighted by atomic mass is 9.79. The summed E-state index contributed by atoms with van der Waals surface area (Å²) in [6.07, 6.45) is 0.801. The Balaban J connectivity index is 0.00000225. The van der Waals surface area contributed by atoms with Gasteiger partial charge in [0.15, 0.2) is 0 Å². The fourth-order valence-electron chi connectivity index (χ4n) is 4.11. The number of benzene rings is 1. The molecule has 1 saturated heterocycles. The summed E-state index contributed by atoms with van der Waals surface area (Å²) in [7, 11) is 0. The van der Waals surface area contributed by atoms with Gasteiger partial charge in [-0.05, 0) is 37.0 Å². The van der Waals surface area contributed by atoms with Crippen LogP contribution in [0.1, 0.15) is 49.3 Å². The molecule has 0 aromatic heterocycles. The number of piperazine rings is 1. The first-order valence-corrected chi connectivity index (χ1v) is 8.78. The predicted molar refractivity (Wildman–Crippen MR) is 92.4 cm³/mol. The minimum absolute atomic E-state index is 0. The van der Waals surface area contributed by atoms with Crippen molar-refractivity contribution in [3.63, 3.8) is 0 Å². The van der Waals surface area contributed by atoms with Crippen LogP contribution < -0.4 is 5.32 Å². The lowest BCUT2D eigenvalue weighted by Crippen LogP contribution is -2.47. The SMILES string of the molecule is Cl.Fc1ccc(C(F)(F)F)cc1[C@@H](C1CCCCC1)N1CCNCC1. The van der Waals surface area contributed by atoms with E-state index < -0.39 is 17.6 Å². The fraction of sp³-hybridized carbons (Fsp3) is 0.667. The van der Waals surface area contributed by atoms with Crippen LogP contribution in [-0.2, 0) is 6.18 Å². The smallest absolute Gasteiger partial charge is 0.314 e. The Morgan fingerprint density at radius 2 is 1.68 bits per heavy atom. The molecule has 0 spiro atoms. The summed E-state index contributed by atoms with van der Waals surface area (Å²) in [5.41, 5.74) is -0.534. The summed E-state index contributed by atoms with van der Waals surface area (Å²) in [5, 5.41) is 3.26. The van der Waals surface area contributed by atoms with Crippen LogP contribution in [-0.4, -0.2) is 31.1 Å². The van der Waals surface area contributed by atoms with Crippen LogP contribution in [0, 0.1) is 11.7 Å². The van der Waals surface area contributed by atoms with Gasteiger partial charge < -0.3 is 5.32 Å². The second-order valence-corrected chi connectivity index (χ2v) is 6.86. The Kier molecular flexibility index (Phi) is 7.11. The van der Waals surface area contributed by atoms with Gasteiger partial charge >= 0.3 is 6.18 Å². The molecule has 1 aromatic rings. The quantitative estimate of drug-likeness (QED) is 0.758. The van der Waals surface area contributed by atoms with E-state index in [1.54, 1.807) is 0 Å². The minimum atomic E-state index is -4.44. The molecule has 2 aliphatic rings. The molecule has 0 bridgehead atoms. The first-order valence-electron chi connectivity index (χ1n) is 8.78. The summed E-state index contributed by atoms with van der Waals surface area (Å²) < 4.78 is 53.8. The summed E-state index contributed by atoms with van der Waals surface area (Å²) in [4.78, 5) is 2.17. The Bertz CT molecular complexity index is 534. The van der Waals surface area contributed by atoms with Gasteiger partial charge in [0.05, 0.1) is 5.56 Å². The summed E-state index contributed by atoms with van der Waals surface area (Å²) in [5.74, 6) is -0.285. The molecule has 1 aliphatic carbocycles. The standard InChI is InChI=1S/C18H24F4N2.ClH/c19-16-7-6-14(18(20,21)22)12-15(16)17(13-4-2-1-3-5-13)24-10-8-23-9-11-24;/h6-7,12-13,17,23H,1-5,8-11H2;1H/t17-;/m1./s1. The summed E-state index contributed by atoms with van der Waals surface area (Å²) >= 11 is 0. The number of halogens is 5. The van der Waals surface area contributed by atoms with Crippen LogP contribution in [0.4, 0.5) is 17.6 Å². The molecule has 1 N–H and O–H groups in total. The molecule has 0 amide bonds. The van der Waals surface area contributed by atoms with Crippen LogP contribution >= 0.6 is 12.4 Å². The molecule has 1 aliphatic heterocycles. The van der Waals surface area contributed by atoms with Crippen molar-refractivity contribution < 1.29 is 17.6 Å². The molecule has 2 fully saturated rings. The molecular weight excluding hydrogens is 356 g/mol. The van der Waals surface area contributed by atoms with E-state index in [1.807, 2.05) is 0 Å². The normalized spacial score (nSPS) is 21.6. The van der Waals surface area contributed by atoms with E-state index in [1.165, 1.54) is 0 Å². The lowest BCUT2D eigenvalue weighted by Gasteiger charge is -2.41. The highest BCUT2D eigenvalue weighted by atomic mass is 35.5. The van der Waals surface area contributed by atoms with Crippen molar-refractivity contribution in [3.8, 4) is 0 Å². The van der Waals surface area contributed by atoms with Crippen molar-refractivity contribution in [3.05, 3.63) is 35.1 Å². The van der Waals surface area contributed by atoms with Crippen molar-refractivity contribution >= 4 is 12.4 Å². The molecule has 1 aromatic carbocycles. The molecule has 1 heterocycles. The highest BCUT2D eigenvalue weighted by molar-refractivity contribution is 5.85. The maximum atomic E-state index is 14.5. The van der Waals surface area contributed by atoms with E-state index in [9.17, 15) is 17.6 Å². The monoisotopic (exact) mass is 380 g/mol. The van der Waals surface area contributed by atoms with Gasteiger partial charge in [-0.1, -0.05) is 19.3 Å². The molecule has 3 rings (SSSR count). The van der Waals surface area contributed by atoms with Gasteiger partial charge in [0, 0.05) is 37.8 Å². The second-order valence-electron chi connectivity index (χ2n) is 6.86. The number of nitrogens with zero attached hydrogens (tertiary/aromatic N) is 1. The van der Waals surface area contributed by atoms with E-state index in [2.05, 4.69) is 10.2 Å². The molecule has 0 unspecified atom stereocenters. The maximum Gasteiger partial charge on any atom is 0.416 e. The van der Waals surface area contributed by atoms with Crippen molar-refractivity contribution in [1.82, 2.24) is 10.2 Å². The largest absolute Gasteiger partial charge is 0.416 e. The van der Waals surface area contributed by atoms with Gasteiger partial charge in [0.25, 0.3) is 0 Å². The third kappa shape index (κ3) is 4.86. The van der Waals surface area contributed by atoms with Crippen LogP contribution in [0.5, 0.6) is 0 Å². The van der Waals surface area contributed by atoms with Crippen LogP contribution in [0.15, 0.2) is 18.2 Å². The molecule has 7 heteroatoms. The zero-order valence-corrected chi connectivity index (χ0v) is 14.9. The Morgan fingerprint density at radius 3 is 2.28 bits per heavy atom. The van der Waals surface area contributed by atoms with Gasteiger partial charge in [0.1, 0.15) is 5.82 Å². The Labute approximate surface area is 152 Å². The zero-order chi connectivity index (χ0) is 17.2. The lowest BCUT2D eigenvalue weighted by molar-refractivity contribution is -0.137. The molecule has 25 heavy (non-hydrogen) atoms. The van der Waals surface area contributed by atoms with Gasteiger partial charge in [-0.2, -0.15) is 13.2 Å². The third-order valence-electron chi connectivity index (χ3n) is 5.28. The fourth-order valence-corrected chi connectivity index (χ4v) is 4.11. The maximum absolute atomic E-state index is 14.5. The predicted octanol–water partition coefficient (Wildman–Crippen LogP) is 4.79. The Morgan fingerprint density at radius 1 is 1.04 bits per heavy atom. The highest BCUT2D eigenvalue weighted by Crippen LogP contribution is 2.41. The van der Waals surface area contributed by atoms with Crippen molar-refractivity contribution in [1.29, 1.82) is 0 Å². The van der Waals surface area contributed by atoms with Gasteiger partial charge in [-0.25, -0.2) is 4.39 Å². The first kappa shape index (κ1) is 20.5. The molecule has 1 atom stereocenters. The highest BCUT2D eigenvalue weighted by Gasteiger charge is 2.36. The molecule has 2 nitrogen and oxygen atoms in total. The number of hydrogen-bond donors (Lipinski definition) is 1. The number of nitrogens with one attached hydrogen (secondary N) is 1. The minimum Gasteiger partial charge on any atom is -0.314 e. The van der Waals surface area contributed by atoms with Crippen molar-refractivity contribution in [2.45, 2.75) is 44.3 Å². The number of alkyl halides is 3. The van der Waals surface area contributed by atoms with E-state index in [4.69, 9.17) is 0 Å². The zero-order valence-electron chi connectivity index (χ0n) is 14.1. The number of hydrogen-bond acceptors (Lipinski definition) is 2. The second kappa shape index (κ2) is 8.69. The topological polar surface area (TPSA) is 15.3 Å². The van der Waals surface area contributed by atoms with Crippen molar-refractivity contribution in [2.24, 2.45) is 5.92 Å². The molecule has 1 saturated carbocycles. The van der Waals surface area contributed by atoms with E-state index in [-0.39, 0.29) is 29.9 Å². The van der Waals surface area contributed by atoms with Gasteiger partial charge in [-0.3, -0.25) is 4.90 Å². The molecular formula is C18H25ClF4N2. The van der Waals surface area contributed by atoms with Gasteiger partial charge in [0.2, 0.25) is 0 Å². The molecule has 0 radical (unpaired) electrons. The Hall–Kier alpha value is -0.850. The summed E-state index contributed by atoms with van der Waals surface area (Å²) in [6.45, 7) is 3.08. The first-order chi connectivity index (χ1) is 11.5. The van der Waals surface area contributed by atoms with E-state index >= 15 is 0 Å². The van der Waals surface area contributed by atoms with Crippen LogP contribution in [0.3, 0.4) is 0 Å². The van der Waals surface area contributed by atoms with Crippen LogP contribution in [0.2, 0.25) is 0 Å². The van der Waals surface area contributed by atoms with Gasteiger partial charge in [-0.15, -0.1) is 12.4 Å². The van der Waals surface area contributed by atoms with Crippen LogP contribution in [0.25, 0.3) is 0 Å². The number of rotatable bonds is 3. The third-order valence-corrected chi connectivity index (χ3v) is 5.28. The van der Waals surface area contributed by atoms with E-state index in [0.717, 1.165) is 76.5 Å². The summed E-state index contributed by atoms with van der Waals surface area (Å²) in [6, 6.07) is 2.61. The van der Waals surface area contributed by atoms with Crippen molar-refractivity contribution in [2.75, 3.05) is 26.2 Å². The van der Waals surface area contributed by atoms with E-state index in [0.29, 0.717) is 0 Å². The average Bonchev–Trinajstić information content (AvgIpc) is 2.58. The molecule has 142 valence electrons.